The van der Waals surface area contributed by atoms with Gasteiger partial charge in [-0.05, 0) is 74.3 Å². The Balaban J connectivity index is 1.34. The number of carbonyl (C=O) groups is 1. The Kier molecular flexibility index (Phi) is 5.22. The third-order valence-corrected chi connectivity index (χ3v) is 8.80. The van der Waals surface area contributed by atoms with E-state index in [0.717, 1.165) is 38.8 Å². The summed E-state index contributed by atoms with van der Waals surface area (Å²) in [6.45, 7) is 2.94. The molecule has 3 aliphatic rings. The molecule has 31 heavy (non-hydrogen) atoms. The molecule has 0 atom stereocenters. The van der Waals surface area contributed by atoms with Gasteiger partial charge in [0.05, 0.1) is 10.5 Å². The van der Waals surface area contributed by atoms with E-state index in [-0.39, 0.29) is 10.8 Å². The van der Waals surface area contributed by atoms with Gasteiger partial charge >= 0.3 is 0 Å². The van der Waals surface area contributed by atoms with Crippen LogP contribution in [0.1, 0.15) is 48.9 Å². The average molecular weight is 441 g/mol. The van der Waals surface area contributed by atoms with Crippen molar-refractivity contribution in [1.29, 1.82) is 0 Å². The minimum atomic E-state index is -3.53. The summed E-state index contributed by atoms with van der Waals surface area (Å²) in [7, 11) is -3.53. The number of anilines is 2. The van der Waals surface area contributed by atoms with Gasteiger partial charge in [0, 0.05) is 38.1 Å². The molecule has 1 aromatic carbocycles. The summed E-state index contributed by atoms with van der Waals surface area (Å²) in [5, 5.41) is 2.88. The number of piperidine rings is 1. The summed E-state index contributed by atoms with van der Waals surface area (Å²) in [5.74, 6) is 0.432. The summed E-state index contributed by atoms with van der Waals surface area (Å²) in [6.07, 6.45) is 8.45. The van der Waals surface area contributed by atoms with Crippen LogP contribution in [-0.2, 0) is 10.0 Å². The van der Waals surface area contributed by atoms with Crippen LogP contribution in [0.5, 0.6) is 0 Å². The van der Waals surface area contributed by atoms with Gasteiger partial charge in [-0.2, -0.15) is 4.31 Å². The number of carbonyl (C=O) groups excluding carboxylic acids is 1. The van der Waals surface area contributed by atoms with Crippen LogP contribution in [0.15, 0.2) is 47.5 Å². The van der Waals surface area contributed by atoms with Crippen molar-refractivity contribution in [1.82, 2.24) is 9.29 Å². The average Bonchev–Trinajstić information content (AvgIpc) is 3.30. The van der Waals surface area contributed by atoms with E-state index in [1.54, 1.807) is 42.6 Å². The molecule has 1 spiro atoms. The molecule has 164 valence electrons. The van der Waals surface area contributed by atoms with Crippen LogP contribution < -0.4 is 10.2 Å². The minimum absolute atomic E-state index is 0.212. The van der Waals surface area contributed by atoms with E-state index in [2.05, 4.69) is 15.2 Å². The maximum Gasteiger partial charge on any atom is 0.259 e. The van der Waals surface area contributed by atoms with Crippen molar-refractivity contribution in [3.8, 4) is 0 Å². The van der Waals surface area contributed by atoms with Gasteiger partial charge in [-0.3, -0.25) is 4.79 Å². The van der Waals surface area contributed by atoms with E-state index in [4.69, 9.17) is 0 Å². The second-order valence-electron chi connectivity index (χ2n) is 8.95. The fourth-order valence-corrected chi connectivity index (χ4v) is 6.27. The smallest absolute Gasteiger partial charge is 0.259 e. The molecule has 1 saturated carbocycles. The van der Waals surface area contributed by atoms with E-state index in [1.807, 2.05) is 0 Å². The Labute approximate surface area is 183 Å². The topological polar surface area (TPSA) is 82.6 Å². The fraction of sp³-hybridized carbons (Fsp3) is 0.478. The van der Waals surface area contributed by atoms with Crippen molar-refractivity contribution in [2.45, 2.75) is 43.4 Å². The molecule has 5 rings (SSSR count). The Morgan fingerprint density at radius 1 is 0.968 bits per heavy atom. The Morgan fingerprint density at radius 3 is 2.42 bits per heavy atom. The van der Waals surface area contributed by atoms with Gasteiger partial charge in [0.25, 0.3) is 5.91 Å². The van der Waals surface area contributed by atoms with E-state index in [0.29, 0.717) is 35.6 Å². The van der Waals surface area contributed by atoms with Crippen molar-refractivity contribution in [2.24, 2.45) is 5.41 Å². The van der Waals surface area contributed by atoms with Crippen LogP contribution in [0.25, 0.3) is 0 Å². The summed E-state index contributed by atoms with van der Waals surface area (Å²) >= 11 is 0. The SMILES string of the molecule is O=C(Nc1cccc(S(=O)(=O)N2CCCC2)c1)c1cccnc1N1CCC2(CC1)CC2. The van der Waals surface area contributed by atoms with Crippen molar-refractivity contribution in [2.75, 3.05) is 36.4 Å². The molecule has 2 aliphatic heterocycles. The molecule has 3 heterocycles. The maximum atomic E-state index is 13.1. The minimum Gasteiger partial charge on any atom is -0.356 e. The summed E-state index contributed by atoms with van der Waals surface area (Å²) in [4.78, 5) is 20.0. The van der Waals surface area contributed by atoms with Gasteiger partial charge in [-0.15, -0.1) is 0 Å². The molecule has 8 heteroatoms. The highest BCUT2D eigenvalue weighted by molar-refractivity contribution is 7.89. The number of sulfonamides is 1. The van der Waals surface area contributed by atoms with Crippen LogP contribution in [0.4, 0.5) is 11.5 Å². The van der Waals surface area contributed by atoms with Crippen LogP contribution in [0.2, 0.25) is 0 Å². The first-order chi connectivity index (χ1) is 15.0. The first-order valence-electron chi connectivity index (χ1n) is 11.1. The predicted molar refractivity (Wildman–Crippen MR) is 120 cm³/mol. The van der Waals surface area contributed by atoms with Crippen molar-refractivity contribution in [3.63, 3.8) is 0 Å². The monoisotopic (exact) mass is 440 g/mol. The van der Waals surface area contributed by atoms with Gasteiger partial charge < -0.3 is 10.2 Å². The first-order valence-corrected chi connectivity index (χ1v) is 12.5. The number of aromatic nitrogens is 1. The Morgan fingerprint density at radius 2 is 1.71 bits per heavy atom. The number of hydrogen-bond donors (Lipinski definition) is 1. The van der Waals surface area contributed by atoms with Gasteiger partial charge in [0.15, 0.2) is 0 Å². The molecular formula is C23H28N4O3S. The molecule has 1 amide bonds. The molecular weight excluding hydrogens is 412 g/mol. The number of pyridine rings is 1. The lowest BCUT2D eigenvalue weighted by atomic mass is 9.93. The zero-order valence-corrected chi connectivity index (χ0v) is 18.4. The third kappa shape index (κ3) is 4.06. The number of nitrogens with one attached hydrogen (secondary N) is 1. The quantitative estimate of drug-likeness (QED) is 0.770. The lowest BCUT2D eigenvalue weighted by Gasteiger charge is -2.33. The first kappa shape index (κ1) is 20.5. The van der Waals surface area contributed by atoms with Crippen LogP contribution in [0, 0.1) is 5.41 Å². The lowest BCUT2D eigenvalue weighted by molar-refractivity contribution is 0.102. The third-order valence-electron chi connectivity index (χ3n) is 6.91. The largest absolute Gasteiger partial charge is 0.356 e. The number of hydrogen-bond acceptors (Lipinski definition) is 5. The summed E-state index contributed by atoms with van der Waals surface area (Å²) in [6, 6.07) is 10.1. The normalized spacial score (nSPS) is 20.7. The molecule has 2 aromatic rings. The van der Waals surface area contributed by atoms with Gasteiger partial charge in [-0.25, -0.2) is 13.4 Å². The number of amides is 1. The van der Waals surface area contributed by atoms with E-state index in [1.165, 1.54) is 17.1 Å². The second-order valence-corrected chi connectivity index (χ2v) is 10.9. The van der Waals surface area contributed by atoms with Crippen LogP contribution >= 0.6 is 0 Å². The van der Waals surface area contributed by atoms with E-state index >= 15 is 0 Å². The van der Waals surface area contributed by atoms with Crippen molar-refractivity contribution >= 4 is 27.4 Å². The maximum absolute atomic E-state index is 13.1. The van der Waals surface area contributed by atoms with Crippen molar-refractivity contribution in [3.05, 3.63) is 48.2 Å². The van der Waals surface area contributed by atoms with Gasteiger partial charge in [0.1, 0.15) is 5.82 Å². The fourth-order valence-electron chi connectivity index (χ4n) is 4.71. The Bertz CT molecular complexity index is 1080. The zero-order chi connectivity index (χ0) is 21.5. The zero-order valence-electron chi connectivity index (χ0n) is 17.6. The number of rotatable bonds is 5. The molecule has 0 bridgehead atoms. The van der Waals surface area contributed by atoms with E-state index < -0.39 is 10.0 Å². The number of nitrogens with zero attached hydrogens (tertiary/aromatic N) is 3. The molecule has 0 unspecified atom stereocenters. The van der Waals surface area contributed by atoms with Gasteiger partial charge in [-0.1, -0.05) is 6.07 Å². The van der Waals surface area contributed by atoms with Crippen LogP contribution in [0.3, 0.4) is 0 Å². The summed E-state index contributed by atoms with van der Waals surface area (Å²) < 4.78 is 27.2. The van der Waals surface area contributed by atoms with Gasteiger partial charge in [0.2, 0.25) is 10.0 Å². The molecule has 3 fully saturated rings. The highest BCUT2D eigenvalue weighted by Crippen LogP contribution is 2.53. The standard InChI is InChI=1S/C23H28N4O3S/c28-22(20-7-4-12-24-21(20)26-15-10-23(8-9-23)11-16-26)25-18-5-3-6-19(17-18)31(29,30)27-13-1-2-14-27/h3-7,12,17H,1-2,8-11,13-16H2,(H,25,28). The molecule has 1 aromatic heterocycles. The van der Waals surface area contributed by atoms with Crippen molar-refractivity contribution < 1.29 is 13.2 Å². The number of benzene rings is 1. The highest BCUT2D eigenvalue weighted by Gasteiger charge is 2.44. The molecule has 1 aliphatic carbocycles. The highest BCUT2D eigenvalue weighted by atomic mass is 32.2. The predicted octanol–water partition coefficient (Wildman–Crippen LogP) is 3.50. The molecule has 1 N–H and O–H groups in total. The second kappa shape index (κ2) is 7.91. The lowest BCUT2D eigenvalue weighted by Crippen LogP contribution is -2.36. The molecule has 2 saturated heterocycles. The van der Waals surface area contributed by atoms with Crippen LogP contribution in [-0.4, -0.2) is 49.8 Å². The van der Waals surface area contributed by atoms with E-state index in [9.17, 15) is 13.2 Å². The molecule has 0 radical (unpaired) electrons. The summed E-state index contributed by atoms with van der Waals surface area (Å²) in [5.41, 5.74) is 1.53. The Hall–Kier alpha value is -2.45. The molecule has 7 nitrogen and oxygen atoms in total.